The maximum Gasteiger partial charge on any atom is 0.238 e. The lowest BCUT2D eigenvalue weighted by Gasteiger charge is -2.11. The fraction of sp³-hybridized carbons (Fsp3) is 0.500. The van der Waals surface area contributed by atoms with Gasteiger partial charge in [0.15, 0.2) is 0 Å². The lowest BCUT2D eigenvalue weighted by Crippen LogP contribution is -2.37. The van der Waals surface area contributed by atoms with E-state index in [1.165, 1.54) is 12.1 Å². The van der Waals surface area contributed by atoms with E-state index in [2.05, 4.69) is 10.6 Å². The molecule has 1 saturated carbocycles. The monoisotopic (exact) mass is 353 g/mol. The zero-order valence-corrected chi connectivity index (χ0v) is 14.3. The Bertz CT molecular complexity index is 680. The Morgan fingerprint density at radius 3 is 2.29 bits per heavy atom. The molecule has 1 aromatic carbocycles. The molecule has 1 aliphatic carbocycles. The summed E-state index contributed by atoms with van der Waals surface area (Å²) in [5.74, 6) is -0.552. The van der Waals surface area contributed by atoms with Gasteiger partial charge in [0.05, 0.1) is 4.90 Å². The van der Waals surface area contributed by atoms with Crippen LogP contribution in [-0.4, -0.2) is 32.8 Å². The molecule has 8 heteroatoms. The molecule has 1 aliphatic rings. The molecule has 2 rings (SSSR count). The maximum absolute atomic E-state index is 11.7. The molecule has 0 aromatic heterocycles. The zero-order valence-electron chi connectivity index (χ0n) is 13.5. The molecule has 24 heavy (non-hydrogen) atoms. The summed E-state index contributed by atoms with van der Waals surface area (Å²) < 4.78 is 22.3. The van der Waals surface area contributed by atoms with E-state index in [-0.39, 0.29) is 29.2 Å². The quantitative estimate of drug-likeness (QED) is 0.616. The van der Waals surface area contributed by atoms with E-state index in [1.54, 1.807) is 12.1 Å². The Balaban J connectivity index is 1.69. The summed E-state index contributed by atoms with van der Waals surface area (Å²) in [6, 6.07) is 6.38. The van der Waals surface area contributed by atoms with Crippen molar-refractivity contribution >= 4 is 21.8 Å². The summed E-state index contributed by atoms with van der Waals surface area (Å²) in [7, 11) is -3.69. The number of carbonyl (C=O) groups excluding carboxylic acids is 2. The first kappa shape index (κ1) is 18.4. The van der Waals surface area contributed by atoms with Gasteiger partial charge in [-0.2, -0.15) is 0 Å². The van der Waals surface area contributed by atoms with Gasteiger partial charge in [0.1, 0.15) is 6.42 Å². The van der Waals surface area contributed by atoms with E-state index < -0.39 is 10.0 Å². The third-order valence-corrected chi connectivity index (χ3v) is 4.96. The van der Waals surface area contributed by atoms with Crippen molar-refractivity contribution in [3.63, 3.8) is 0 Å². The second-order valence-corrected chi connectivity index (χ2v) is 7.58. The maximum atomic E-state index is 11.7. The Kier molecular flexibility index (Phi) is 6.33. The SMILES string of the molecule is NS(=O)(=O)c1ccc(CCNC(=O)CC(=O)NC2CCCC2)cc1. The average Bonchev–Trinajstić information content (AvgIpc) is 2.99. The number of primary sulfonamides is 1. The van der Waals surface area contributed by atoms with Gasteiger partial charge in [-0.3, -0.25) is 9.59 Å². The van der Waals surface area contributed by atoms with Crippen LogP contribution >= 0.6 is 0 Å². The summed E-state index contributed by atoms with van der Waals surface area (Å²) in [5, 5.41) is 10.6. The van der Waals surface area contributed by atoms with Crippen molar-refractivity contribution in [1.29, 1.82) is 0 Å². The van der Waals surface area contributed by atoms with Gasteiger partial charge in [0, 0.05) is 12.6 Å². The van der Waals surface area contributed by atoms with Crippen LogP contribution in [0.15, 0.2) is 29.2 Å². The van der Waals surface area contributed by atoms with Crippen LogP contribution in [0.25, 0.3) is 0 Å². The van der Waals surface area contributed by atoms with Crippen LogP contribution in [0, 0.1) is 0 Å². The van der Waals surface area contributed by atoms with Crippen LogP contribution in [0.1, 0.15) is 37.7 Å². The van der Waals surface area contributed by atoms with E-state index in [0.717, 1.165) is 31.2 Å². The molecule has 0 radical (unpaired) electrons. The number of nitrogens with one attached hydrogen (secondary N) is 2. The van der Waals surface area contributed by atoms with Gasteiger partial charge in [0.2, 0.25) is 21.8 Å². The summed E-state index contributed by atoms with van der Waals surface area (Å²) in [6.45, 7) is 0.379. The number of benzene rings is 1. The summed E-state index contributed by atoms with van der Waals surface area (Å²) in [4.78, 5) is 23.5. The summed E-state index contributed by atoms with van der Waals surface area (Å²) >= 11 is 0. The van der Waals surface area contributed by atoms with Gasteiger partial charge >= 0.3 is 0 Å². The first-order valence-electron chi connectivity index (χ1n) is 8.02. The highest BCUT2D eigenvalue weighted by Gasteiger charge is 2.18. The Labute approximate surface area is 142 Å². The topological polar surface area (TPSA) is 118 Å². The van der Waals surface area contributed by atoms with Crippen molar-refractivity contribution in [2.45, 2.75) is 49.5 Å². The number of sulfonamides is 1. The van der Waals surface area contributed by atoms with Crippen LogP contribution in [0.2, 0.25) is 0 Å². The minimum atomic E-state index is -3.69. The van der Waals surface area contributed by atoms with Gasteiger partial charge in [0.25, 0.3) is 0 Å². The molecule has 1 aromatic rings. The predicted molar refractivity (Wildman–Crippen MR) is 89.5 cm³/mol. The van der Waals surface area contributed by atoms with Gasteiger partial charge < -0.3 is 10.6 Å². The number of carbonyl (C=O) groups is 2. The Hall–Kier alpha value is -1.93. The fourth-order valence-electron chi connectivity index (χ4n) is 2.75. The van der Waals surface area contributed by atoms with Gasteiger partial charge in [-0.25, -0.2) is 13.6 Å². The van der Waals surface area contributed by atoms with Crippen LogP contribution in [0.5, 0.6) is 0 Å². The van der Waals surface area contributed by atoms with E-state index >= 15 is 0 Å². The molecular formula is C16H23N3O4S. The first-order valence-corrected chi connectivity index (χ1v) is 9.57. The molecule has 7 nitrogen and oxygen atoms in total. The first-order chi connectivity index (χ1) is 11.3. The number of rotatable bonds is 7. The predicted octanol–water partition coefficient (Wildman–Crippen LogP) is 0.442. The summed E-state index contributed by atoms with van der Waals surface area (Å²) in [5.41, 5.74) is 0.873. The lowest BCUT2D eigenvalue weighted by atomic mass is 10.1. The van der Waals surface area contributed by atoms with Crippen molar-refractivity contribution in [3.8, 4) is 0 Å². The molecule has 0 saturated heterocycles. The van der Waals surface area contributed by atoms with Crippen molar-refractivity contribution in [1.82, 2.24) is 10.6 Å². The van der Waals surface area contributed by atoms with Crippen LogP contribution in [0.4, 0.5) is 0 Å². The fourth-order valence-corrected chi connectivity index (χ4v) is 3.26. The largest absolute Gasteiger partial charge is 0.355 e. The number of nitrogens with two attached hydrogens (primary N) is 1. The van der Waals surface area contributed by atoms with Gasteiger partial charge in [-0.1, -0.05) is 25.0 Å². The minimum Gasteiger partial charge on any atom is -0.355 e. The molecule has 4 N–H and O–H groups in total. The average molecular weight is 353 g/mol. The third kappa shape index (κ3) is 5.93. The highest BCUT2D eigenvalue weighted by molar-refractivity contribution is 7.89. The smallest absolute Gasteiger partial charge is 0.238 e. The normalized spacial score (nSPS) is 15.2. The summed E-state index contributed by atoms with van der Waals surface area (Å²) in [6.07, 6.45) is 4.61. The van der Waals surface area contributed by atoms with Crippen molar-refractivity contribution in [2.75, 3.05) is 6.54 Å². The Morgan fingerprint density at radius 1 is 1.08 bits per heavy atom. The molecule has 0 bridgehead atoms. The third-order valence-electron chi connectivity index (χ3n) is 4.03. The van der Waals surface area contributed by atoms with Gasteiger partial charge in [-0.05, 0) is 37.0 Å². The van der Waals surface area contributed by atoms with Crippen molar-refractivity contribution in [2.24, 2.45) is 5.14 Å². The van der Waals surface area contributed by atoms with Crippen LogP contribution in [-0.2, 0) is 26.0 Å². The highest BCUT2D eigenvalue weighted by atomic mass is 32.2. The molecule has 0 spiro atoms. The molecule has 0 unspecified atom stereocenters. The molecule has 2 amide bonds. The molecule has 1 fully saturated rings. The Morgan fingerprint density at radius 2 is 1.71 bits per heavy atom. The number of hydrogen-bond donors (Lipinski definition) is 3. The standard InChI is InChI=1S/C16H23N3O4S/c17-24(22,23)14-7-5-12(6-8-14)9-10-18-15(20)11-16(21)19-13-3-1-2-4-13/h5-8,13H,1-4,9-11H2,(H,18,20)(H,19,21)(H2,17,22,23). The van der Waals surface area contributed by atoms with E-state index in [0.29, 0.717) is 13.0 Å². The van der Waals surface area contributed by atoms with Crippen molar-refractivity contribution in [3.05, 3.63) is 29.8 Å². The van der Waals surface area contributed by atoms with E-state index in [9.17, 15) is 18.0 Å². The molecule has 0 heterocycles. The van der Waals surface area contributed by atoms with E-state index in [4.69, 9.17) is 5.14 Å². The molecule has 132 valence electrons. The second-order valence-electron chi connectivity index (χ2n) is 6.01. The molecular weight excluding hydrogens is 330 g/mol. The van der Waals surface area contributed by atoms with Gasteiger partial charge in [-0.15, -0.1) is 0 Å². The lowest BCUT2D eigenvalue weighted by molar-refractivity contribution is -0.129. The number of hydrogen-bond acceptors (Lipinski definition) is 4. The van der Waals surface area contributed by atoms with Crippen molar-refractivity contribution < 1.29 is 18.0 Å². The molecule has 0 aliphatic heterocycles. The molecule has 0 atom stereocenters. The van der Waals surface area contributed by atoms with Crippen LogP contribution in [0.3, 0.4) is 0 Å². The number of amides is 2. The van der Waals surface area contributed by atoms with E-state index in [1.807, 2.05) is 0 Å². The highest BCUT2D eigenvalue weighted by Crippen LogP contribution is 2.17. The zero-order chi connectivity index (χ0) is 17.6. The van der Waals surface area contributed by atoms with Crippen LogP contribution < -0.4 is 15.8 Å². The minimum absolute atomic E-state index is 0.0545. The second kappa shape index (κ2) is 8.25.